The van der Waals surface area contributed by atoms with E-state index < -0.39 is 11.7 Å². The largest absolute Gasteiger partial charge is 0.497 e. The van der Waals surface area contributed by atoms with E-state index in [1.807, 2.05) is 30.3 Å². The van der Waals surface area contributed by atoms with Crippen LogP contribution in [-0.2, 0) is 16.2 Å². The molecular formula is C16H15NO4. The minimum Gasteiger partial charge on any atom is -0.497 e. The molecule has 2 aromatic rings. The van der Waals surface area contributed by atoms with Crippen LogP contribution in [-0.4, -0.2) is 18.8 Å². The van der Waals surface area contributed by atoms with Crippen LogP contribution in [0, 0.1) is 0 Å². The molecule has 108 valence electrons. The zero-order valence-corrected chi connectivity index (χ0v) is 11.5. The van der Waals surface area contributed by atoms with Crippen LogP contribution in [0.4, 0.5) is 0 Å². The van der Waals surface area contributed by atoms with Crippen LogP contribution in [0.5, 0.6) is 5.75 Å². The summed E-state index contributed by atoms with van der Waals surface area (Å²) in [7, 11) is 1.53. The number of carbonyl (C=O) groups is 2. The van der Waals surface area contributed by atoms with Gasteiger partial charge >= 0.3 is 5.91 Å². The summed E-state index contributed by atoms with van der Waals surface area (Å²) in [5.74, 6) is -0.853. The van der Waals surface area contributed by atoms with Crippen molar-refractivity contribution in [1.82, 2.24) is 5.48 Å². The summed E-state index contributed by atoms with van der Waals surface area (Å²) in [5, 5.41) is 0. The second kappa shape index (κ2) is 7.21. The van der Waals surface area contributed by atoms with Crippen LogP contribution in [0.15, 0.2) is 54.6 Å². The standard InChI is InChI=1S/C16H15NO4/c1-20-14-9-7-13(8-10-14)15(18)16(19)17-21-11-12-5-3-2-4-6-12/h2-10H,11H2,1H3,(H,17,19). The number of hydrogen-bond acceptors (Lipinski definition) is 4. The molecule has 0 fully saturated rings. The lowest BCUT2D eigenvalue weighted by Gasteiger charge is -2.06. The van der Waals surface area contributed by atoms with Gasteiger partial charge in [-0.25, -0.2) is 5.48 Å². The fourth-order valence-electron chi connectivity index (χ4n) is 1.68. The number of ketones is 1. The third-order valence-corrected chi connectivity index (χ3v) is 2.80. The van der Waals surface area contributed by atoms with Crippen molar-refractivity contribution in [3.8, 4) is 5.75 Å². The molecule has 0 radical (unpaired) electrons. The van der Waals surface area contributed by atoms with Crippen molar-refractivity contribution in [3.05, 3.63) is 65.7 Å². The Bertz CT molecular complexity index is 608. The van der Waals surface area contributed by atoms with E-state index in [0.717, 1.165) is 5.56 Å². The second-order valence-electron chi connectivity index (χ2n) is 4.26. The number of ether oxygens (including phenoxy) is 1. The molecule has 0 aliphatic rings. The quantitative estimate of drug-likeness (QED) is 0.501. The molecule has 2 rings (SSSR count). The maximum atomic E-state index is 11.9. The first kappa shape index (κ1) is 14.7. The molecule has 0 heterocycles. The molecule has 21 heavy (non-hydrogen) atoms. The summed E-state index contributed by atoms with van der Waals surface area (Å²) in [5.41, 5.74) is 3.31. The van der Waals surface area contributed by atoms with Gasteiger partial charge in [-0.2, -0.15) is 0 Å². The van der Waals surface area contributed by atoms with Crippen molar-refractivity contribution in [2.45, 2.75) is 6.61 Å². The van der Waals surface area contributed by atoms with Crippen molar-refractivity contribution in [3.63, 3.8) is 0 Å². The first-order chi connectivity index (χ1) is 10.2. The third-order valence-electron chi connectivity index (χ3n) is 2.80. The molecule has 0 aliphatic heterocycles. The van der Waals surface area contributed by atoms with E-state index in [1.165, 1.54) is 19.2 Å². The highest BCUT2D eigenvalue weighted by atomic mass is 16.7. The Balaban J connectivity index is 1.86. The molecule has 0 aliphatic carbocycles. The number of hydroxylamine groups is 1. The van der Waals surface area contributed by atoms with E-state index in [2.05, 4.69) is 5.48 Å². The van der Waals surface area contributed by atoms with Gasteiger partial charge in [-0.05, 0) is 29.8 Å². The topological polar surface area (TPSA) is 64.6 Å². The van der Waals surface area contributed by atoms with Gasteiger partial charge < -0.3 is 4.74 Å². The molecule has 5 nitrogen and oxygen atoms in total. The maximum Gasteiger partial charge on any atom is 0.315 e. The zero-order chi connectivity index (χ0) is 15.1. The van der Waals surface area contributed by atoms with Gasteiger partial charge in [0.25, 0.3) is 5.78 Å². The SMILES string of the molecule is COc1ccc(C(=O)C(=O)NOCc2ccccc2)cc1. The van der Waals surface area contributed by atoms with Crippen LogP contribution in [0.3, 0.4) is 0 Å². The number of hydrogen-bond donors (Lipinski definition) is 1. The monoisotopic (exact) mass is 285 g/mol. The highest BCUT2D eigenvalue weighted by Gasteiger charge is 2.16. The smallest absolute Gasteiger partial charge is 0.315 e. The first-order valence-corrected chi connectivity index (χ1v) is 6.35. The summed E-state index contributed by atoms with van der Waals surface area (Å²) in [6.45, 7) is 0.197. The normalized spacial score (nSPS) is 9.95. The molecule has 0 spiro atoms. The molecule has 0 saturated heterocycles. The van der Waals surface area contributed by atoms with Gasteiger partial charge in [0.05, 0.1) is 13.7 Å². The van der Waals surface area contributed by atoms with Gasteiger partial charge in [0.15, 0.2) is 0 Å². The molecule has 0 unspecified atom stereocenters. The van der Waals surface area contributed by atoms with Crippen molar-refractivity contribution in [2.75, 3.05) is 7.11 Å². The average molecular weight is 285 g/mol. The van der Waals surface area contributed by atoms with Crippen molar-refractivity contribution in [1.29, 1.82) is 0 Å². The summed E-state index contributed by atoms with van der Waals surface area (Å²) in [6.07, 6.45) is 0. The molecule has 0 saturated carbocycles. The number of nitrogens with one attached hydrogen (secondary N) is 1. The number of Topliss-reactive ketones (excluding diaryl/α,β-unsaturated/α-hetero) is 1. The van der Waals surface area contributed by atoms with Gasteiger partial charge in [0.1, 0.15) is 5.75 Å². The Hall–Kier alpha value is -2.66. The first-order valence-electron chi connectivity index (χ1n) is 6.35. The predicted molar refractivity (Wildman–Crippen MR) is 76.7 cm³/mol. The lowest BCUT2D eigenvalue weighted by molar-refractivity contribution is -0.129. The molecule has 5 heteroatoms. The Labute approximate surface area is 122 Å². The van der Waals surface area contributed by atoms with E-state index >= 15 is 0 Å². The minimum absolute atomic E-state index is 0.197. The third kappa shape index (κ3) is 4.15. The van der Waals surface area contributed by atoms with E-state index in [4.69, 9.17) is 9.57 Å². The van der Waals surface area contributed by atoms with Gasteiger partial charge in [-0.1, -0.05) is 30.3 Å². The molecule has 0 bridgehead atoms. The number of rotatable bonds is 6. The van der Waals surface area contributed by atoms with Crippen LogP contribution in [0.1, 0.15) is 15.9 Å². The van der Waals surface area contributed by atoms with E-state index in [9.17, 15) is 9.59 Å². The van der Waals surface area contributed by atoms with E-state index in [-0.39, 0.29) is 12.2 Å². The number of methoxy groups -OCH3 is 1. The molecule has 1 amide bonds. The van der Waals surface area contributed by atoms with E-state index in [1.54, 1.807) is 12.1 Å². The Morgan fingerprint density at radius 3 is 2.29 bits per heavy atom. The Morgan fingerprint density at radius 2 is 1.67 bits per heavy atom. The summed E-state index contributed by atoms with van der Waals surface area (Å²) in [6, 6.07) is 15.6. The van der Waals surface area contributed by atoms with Crippen LogP contribution in [0.25, 0.3) is 0 Å². The molecule has 0 aromatic heterocycles. The fraction of sp³-hybridized carbons (Fsp3) is 0.125. The predicted octanol–water partition coefficient (Wildman–Crippen LogP) is 2.13. The maximum absolute atomic E-state index is 11.9. The fourth-order valence-corrected chi connectivity index (χ4v) is 1.68. The van der Waals surface area contributed by atoms with Gasteiger partial charge in [0, 0.05) is 5.56 Å². The molecule has 1 N–H and O–H groups in total. The van der Waals surface area contributed by atoms with Crippen LogP contribution < -0.4 is 10.2 Å². The second-order valence-corrected chi connectivity index (χ2v) is 4.26. The van der Waals surface area contributed by atoms with Gasteiger partial charge in [-0.15, -0.1) is 0 Å². The number of amides is 1. The van der Waals surface area contributed by atoms with Crippen molar-refractivity contribution >= 4 is 11.7 Å². The summed E-state index contributed by atoms with van der Waals surface area (Å²) < 4.78 is 4.99. The van der Waals surface area contributed by atoms with Gasteiger partial charge in [-0.3, -0.25) is 14.4 Å². The Kier molecular flexibility index (Phi) is 5.06. The number of benzene rings is 2. The van der Waals surface area contributed by atoms with Crippen molar-refractivity contribution in [2.24, 2.45) is 0 Å². The highest BCUT2D eigenvalue weighted by molar-refractivity contribution is 6.42. The molecule has 0 atom stereocenters. The summed E-state index contributed by atoms with van der Waals surface area (Å²) in [4.78, 5) is 28.5. The lowest BCUT2D eigenvalue weighted by atomic mass is 10.1. The average Bonchev–Trinajstić information content (AvgIpc) is 2.55. The Morgan fingerprint density at radius 1 is 1.00 bits per heavy atom. The van der Waals surface area contributed by atoms with Crippen LogP contribution in [0.2, 0.25) is 0 Å². The van der Waals surface area contributed by atoms with Gasteiger partial charge in [0.2, 0.25) is 0 Å². The minimum atomic E-state index is -0.809. The molecule has 2 aromatic carbocycles. The number of carbonyl (C=O) groups excluding carboxylic acids is 2. The highest BCUT2D eigenvalue weighted by Crippen LogP contribution is 2.11. The van der Waals surface area contributed by atoms with E-state index in [0.29, 0.717) is 5.75 Å². The van der Waals surface area contributed by atoms with Crippen molar-refractivity contribution < 1.29 is 19.2 Å². The lowest BCUT2D eigenvalue weighted by Crippen LogP contribution is -2.31. The zero-order valence-electron chi connectivity index (χ0n) is 11.5. The summed E-state index contributed by atoms with van der Waals surface area (Å²) >= 11 is 0. The molecular weight excluding hydrogens is 270 g/mol. The van der Waals surface area contributed by atoms with Crippen LogP contribution >= 0.6 is 0 Å².